The molecular weight excluding hydrogens is 182 g/mol. The van der Waals surface area contributed by atoms with Crippen LogP contribution in [0.3, 0.4) is 0 Å². The SMILES string of the molecule is COC(CN)C(=O)N1CCCNCC1. The Morgan fingerprint density at radius 1 is 1.57 bits per heavy atom. The van der Waals surface area contributed by atoms with Crippen molar-refractivity contribution < 1.29 is 9.53 Å². The molecule has 0 aromatic rings. The molecule has 1 amide bonds. The van der Waals surface area contributed by atoms with Crippen LogP contribution in [0.1, 0.15) is 6.42 Å². The molecule has 5 nitrogen and oxygen atoms in total. The first-order valence-electron chi connectivity index (χ1n) is 5.02. The van der Waals surface area contributed by atoms with E-state index in [1.165, 1.54) is 7.11 Å². The van der Waals surface area contributed by atoms with Gasteiger partial charge in [0, 0.05) is 33.3 Å². The molecule has 0 bridgehead atoms. The molecule has 1 fully saturated rings. The zero-order chi connectivity index (χ0) is 10.4. The number of nitrogens with one attached hydrogen (secondary N) is 1. The van der Waals surface area contributed by atoms with Crippen molar-refractivity contribution in [2.75, 3.05) is 39.8 Å². The fourth-order valence-electron chi connectivity index (χ4n) is 1.57. The van der Waals surface area contributed by atoms with E-state index in [2.05, 4.69) is 5.32 Å². The van der Waals surface area contributed by atoms with Gasteiger partial charge >= 0.3 is 0 Å². The van der Waals surface area contributed by atoms with E-state index in [1.807, 2.05) is 4.90 Å². The molecule has 1 rings (SSSR count). The highest BCUT2D eigenvalue weighted by Crippen LogP contribution is 2.01. The summed E-state index contributed by atoms with van der Waals surface area (Å²) in [6.07, 6.45) is 0.514. The summed E-state index contributed by atoms with van der Waals surface area (Å²) in [7, 11) is 1.52. The first kappa shape index (κ1) is 11.4. The molecule has 3 N–H and O–H groups in total. The highest BCUT2D eigenvalue weighted by Gasteiger charge is 2.23. The van der Waals surface area contributed by atoms with Crippen LogP contribution in [-0.2, 0) is 9.53 Å². The summed E-state index contributed by atoms with van der Waals surface area (Å²) in [6.45, 7) is 3.63. The number of rotatable bonds is 3. The van der Waals surface area contributed by atoms with Crippen molar-refractivity contribution in [1.82, 2.24) is 10.2 Å². The average molecular weight is 201 g/mol. The lowest BCUT2D eigenvalue weighted by Crippen LogP contribution is -2.45. The van der Waals surface area contributed by atoms with Crippen LogP contribution in [0.25, 0.3) is 0 Å². The van der Waals surface area contributed by atoms with Crippen LogP contribution < -0.4 is 11.1 Å². The van der Waals surface area contributed by atoms with Crippen molar-refractivity contribution >= 4 is 5.91 Å². The van der Waals surface area contributed by atoms with E-state index < -0.39 is 6.10 Å². The van der Waals surface area contributed by atoms with Gasteiger partial charge in [0.2, 0.25) is 0 Å². The van der Waals surface area contributed by atoms with Crippen LogP contribution in [-0.4, -0.2) is 56.7 Å². The average Bonchev–Trinajstić information content (AvgIpc) is 2.47. The van der Waals surface area contributed by atoms with E-state index in [9.17, 15) is 4.79 Å². The number of nitrogens with zero attached hydrogens (tertiary/aromatic N) is 1. The van der Waals surface area contributed by atoms with Crippen LogP contribution in [0.4, 0.5) is 0 Å². The first-order valence-corrected chi connectivity index (χ1v) is 5.02. The van der Waals surface area contributed by atoms with Crippen molar-refractivity contribution in [1.29, 1.82) is 0 Å². The Labute approximate surface area is 84.6 Å². The summed E-state index contributed by atoms with van der Waals surface area (Å²) in [5.74, 6) is 0.0127. The third kappa shape index (κ3) is 2.94. The molecule has 0 aromatic heterocycles. The van der Waals surface area contributed by atoms with Gasteiger partial charge in [-0.2, -0.15) is 0 Å². The number of methoxy groups -OCH3 is 1. The Bertz CT molecular complexity index is 175. The summed E-state index contributed by atoms with van der Waals surface area (Å²) in [6, 6.07) is 0. The molecular formula is C9H19N3O2. The van der Waals surface area contributed by atoms with E-state index in [1.54, 1.807) is 0 Å². The lowest BCUT2D eigenvalue weighted by Gasteiger charge is -2.24. The summed E-state index contributed by atoms with van der Waals surface area (Å²) < 4.78 is 5.02. The Morgan fingerprint density at radius 3 is 3.00 bits per heavy atom. The summed E-state index contributed by atoms with van der Waals surface area (Å²) in [5.41, 5.74) is 5.44. The van der Waals surface area contributed by atoms with E-state index in [-0.39, 0.29) is 12.5 Å². The second-order valence-corrected chi connectivity index (χ2v) is 3.39. The lowest BCUT2D eigenvalue weighted by molar-refractivity contribution is -0.141. The van der Waals surface area contributed by atoms with E-state index in [0.717, 1.165) is 32.6 Å². The Morgan fingerprint density at radius 2 is 2.36 bits per heavy atom. The van der Waals surface area contributed by atoms with Crippen molar-refractivity contribution in [3.63, 3.8) is 0 Å². The van der Waals surface area contributed by atoms with Gasteiger partial charge in [-0.05, 0) is 13.0 Å². The maximum absolute atomic E-state index is 11.8. The van der Waals surface area contributed by atoms with Gasteiger partial charge < -0.3 is 20.7 Å². The van der Waals surface area contributed by atoms with Crippen LogP contribution in [0, 0.1) is 0 Å². The molecule has 14 heavy (non-hydrogen) atoms. The maximum Gasteiger partial charge on any atom is 0.253 e. The zero-order valence-corrected chi connectivity index (χ0v) is 8.66. The molecule has 82 valence electrons. The number of hydrogen-bond donors (Lipinski definition) is 2. The molecule has 0 aromatic carbocycles. The molecule has 1 saturated heterocycles. The van der Waals surface area contributed by atoms with Crippen molar-refractivity contribution in [3.05, 3.63) is 0 Å². The molecule has 1 atom stereocenters. The smallest absolute Gasteiger partial charge is 0.253 e. The molecule has 1 heterocycles. The summed E-state index contributed by atoms with van der Waals surface area (Å²) in [4.78, 5) is 13.6. The van der Waals surface area contributed by atoms with Gasteiger partial charge in [0.05, 0.1) is 0 Å². The predicted octanol–water partition coefficient (Wildman–Crippen LogP) is -1.22. The quantitative estimate of drug-likeness (QED) is 0.601. The molecule has 0 aliphatic carbocycles. The minimum Gasteiger partial charge on any atom is -0.370 e. The van der Waals surface area contributed by atoms with Crippen LogP contribution in [0.5, 0.6) is 0 Å². The monoisotopic (exact) mass is 201 g/mol. The molecule has 0 radical (unpaired) electrons. The maximum atomic E-state index is 11.8. The molecule has 5 heteroatoms. The summed E-state index contributed by atoms with van der Waals surface area (Å²) >= 11 is 0. The molecule has 0 spiro atoms. The van der Waals surface area contributed by atoms with E-state index in [0.29, 0.717) is 0 Å². The fourth-order valence-corrected chi connectivity index (χ4v) is 1.57. The second kappa shape index (κ2) is 5.95. The Kier molecular flexibility index (Phi) is 4.86. The zero-order valence-electron chi connectivity index (χ0n) is 8.66. The number of amides is 1. The van der Waals surface area contributed by atoms with Gasteiger partial charge in [-0.15, -0.1) is 0 Å². The lowest BCUT2D eigenvalue weighted by atomic mass is 10.3. The standard InChI is InChI=1S/C9H19N3O2/c1-14-8(7-10)9(13)12-5-2-3-11-4-6-12/h8,11H,2-7,10H2,1H3. The van der Waals surface area contributed by atoms with Crippen LogP contribution in [0.15, 0.2) is 0 Å². The summed E-state index contributed by atoms with van der Waals surface area (Å²) in [5, 5.41) is 3.24. The predicted molar refractivity (Wildman–Crippen MR) is 53.9 cm³/mol. The van der Waals surface area contributed by atoms with E-state index >= 15 is 0 Å². The number of carbonyl (C=O) groups excluding carboxylic acids is 1. The minimum atomic E-state index is -0.479. The third-order valence-electron chi connectivity index (χ3n) is 2.43. The minimum absolute atomic E-state index is 0.0127. The van der Waals surface area contributed by atoms with Gasteiger partial charge in [-0.3, -0.25) is 4.79 Å². The number of hydrogen-bond acceptors (Lipinski definition) is 4. The first-order chi connectivity index (χ1) is 6.79. The van der Waals surface area contributed by atoms with Crippen molar-refractivity contribution in [2.45, 2.75) is 12.5 Å². The van der Waals surface area contributed by atoms with E-state index in [4.69, 9.17) is 10.5 Å². The molecule has 1 aliphatic heterocycles. The number of ether oxygens (including phenoxy) is 1. The van der Waals surface area contributed by atoms with Gasteiger partial charge in [-0.1, -0.05) is 0 Å². The van der Waals surface area contributed by atoms with Crippen LogP contribution >= 0.6 is 0 Å². The van der Waals surface area contributed by atoms with Gasteiger partial charge in [0.15, 0.2) is 0 Å². The number of nitrogens with two attached hydrogens (primary N) is 1. The van der Waals surface area contributed by atoms with Gasteiger partial charge in [0.1, 0.15) is 6.10 Å². The van der Waals surface area contributed by atoms with Gasteiger partial charge in [0.25, 0.3) is 5.91 Å². The normalized spacial score (nSPS) is 20.3. The van der Waals surface area contributed by atoms with Crippen LogP contribution in [0.2, 0.25) is 0 Å². The highest BCUT2D eigenvalue weighted by molar-refractivity contribution is 5.81. The third-order valence-corrected chi connectivity index (χ3v) is 2.43. The largest absolute Gasteiger partial charge is 0.370 e. The Balaban J connectivity index is 2.48. The molecule has 1 aliphatic rings. The highest BCUT2D eigenvalue weighted by atomic mass is 16.5. The number of carbonyl (C=O) groups is 1. The topological polar surface area (TPSA) is 67.6 Å². The molecule has 1 unspecified atom stereocenters. The Hall–Kier alpha value is -0.650. The van der Waals surface area contributed by atoms with Gasteiger partial charge in [-0.25, -0.2) is 0 Å². The second-order valence-electron chi connectivity index (χ2n) is 3.39. The fraction of sp³-hybridized carbons (Fsp3) is 0.889. The van der Waals surface area contributed by atoms with Crippen molar-refractivity contribution in [2.24, 2.45) is 5.73 Å². The molecule has 0 saturated carbocycles. The van der Waals surface area contributed by atoms with Crippen molar-refractivity contribution in [3.8, 4) is 0 Å².